The molecule has 0 aromatic rings. The number of nitrogens with one attached hydrogen (secondary N) is 1. The third kappa shape index (κ3) is 2.26. The van der Waals surface area contributed by atoms with Gasteiger partial charge in [-0.05, 0) is 43.9 Å². The lowest BCUT2D eigenvalue weighted by Gasteiger charge is -2.39. The first kappa shape index (κ1) is 10.6. The van der Waals surface area contributed by atoms with Crippen LogP contribution in [0.25, 0.3) is 0 Å². The van der Waals surface area contributed by atoms with Gasteiger partial charge < -0.3 is 5.32 Å². The van der Waals surface area contributed by atoms with Crippen molar-refractivity contribution < 1.29 is 4.79 Å². The predicted molar refractivity (Wildman–Crippen MR) is 64.0 cm³/mol. The standard InChI is InChI=1S/C14H23NO/c16-14(11-5-6-11)15-13-8-7-10-3-1-2-4-12(10)9-13/h10-13H,1-9H2,(H,15,16). The third-order valence-electron chi connectivity index (χ3n) is 4.83. The zero-order chi connectivity index (χ0) is 11.0. The van der Waals surface area contributed by atoms with Crippen LogP contribution in [0.1, 0.15) is 57.8 Å². The molecule has 1 amide bonds. The molecule has 0 aliphatic heterocycles. The van der Waals surface area contributed by atoms with E-state index in [9.17, 15) is 4.79 Å². The lowest BCUT2D eigenvalue weighted by atomic mass is 9.69. The van der Waals surface area contributed by atoms with Crippen molar-refractivity contribution in [3.63, 3.8) is 0 Å². The van der Waals surface area contributed by atoms with Crippen molar-refractivity contribution in [2.75, 3.05) is 0 Å². The van der Waals surface area contributed by atoms with Crippen molar-refractivity contribution in [2.45, 2.75) is 63.8 Å². The van der Waals surface area contributed by atoms with Crippen LogP contribution in [0.4, 0.5) is 0 Å². The molecule has 3 atom stereocenters. The summed E-state index contributed by atoms with van der Waals surface area (Å²) >= 11 is 0. The summed E-state index contributed by atoms with van der Waals surface area (Å²) in [6.07, 6.45) is 11.9. The number of carbonyl (C=O) groups is 1. The Bertz CT molecular complexity index is 272. The highest BCUT2D eigenvalue weighted by Gasteiger charge is 2.35. The van der Waals surface area contributed by atoms with Gasteiger partial charge in [-0.3, -0.25) is 4.79 Å². The molecule has 3 aliphatic rings. The molecule has 2 nitrogen and oxygen atoms in total. The Labute approximate surface area is 98.2 Å². The number of fused-ring (bicyclic) bond motifs is 1. The first-order valence-electron chi connectivity index (χ1n) is 7.13. The van der Waals surface area contributed by atoms with Crippen molar-refractivity contribution >= 4 is 5.91 Å². The van der Waals surface area contributed by atoms with Gasteiger partial charge in [-0.15, -0.1) is 0 Å². The normalized spacial score (nSPS) is 38.9. The fourth-order valence-corrected chi connectivity index (χ4v) is 3.67. The van der Waals surface area contributed by atoms with Crippen molar-refractivity contribution in [2.24, 2.45) is 17.8 Å². The second kappa shape index (κ2) is 4.38. The van der Waals surface area contributed by atoms with Gasteiger partial charge in [-0.25, -0.2) is 0 Å². The number of amides is 1. The van der Waals surface area contributed by atoms with E-state index in [2.05, 4.69) is 5.32 Å². The summed E-state index contributed by atoms with van der Waals surface area (Å²) < 4.78 is 0. The highest BCUT2D eigenvalue weighted by Crippen LogP contribution is 2.40. The molecule has 0 saturated heterocycles. The fraction of sp³-hybridized carbons (Fsp3) is 0.929. The molecule has 0 aromatic heterocycles. The first-order chi connectivity index (χ1) is 7.83. The zero-order valence-electron chi connectivity index (χ0n) is 10.1. The molecular weight excluding hydrogens is 198 g/mol. The van der Waals surface area contributed by atoms with Gasteiger partial charge in [0.2, 0.25) is 5.91 Å². The van der Waals surface area contributed by atoms with Gasteiger partial charge in [0, 0.05) is 12.0 Å². The van der Waals surface area contributed by atoms with E-state index >= 15 is 0 Å². The molecule has 2 heteroatoms. The van der Waals surface area contributed by atoms with E-state index < -0.39 is 0 Å². The third-order valence-corrected chi connectivity index (χ3v) is 4.83. The minimum Gasteiger partial charge on any atom is -0.353 e. The Kier molecular flexibility index (Phi) is 2.91. The van der Waals surface area contributed by atoms with E-state index in [-0.39, 0.29) is 0 Å². The summed E-state index contributed by atoms with van der Waals surface area (Å²) in [6.45, 7) is 0. The van der Waals surface area contributed by atoms with E-state index in [0.29, 0.717) is 17.9 Å². The van der Waals surface area contributed by atoms with Crippen LogP contribution in [-0.4, -0.2) is 11.9 Å². The van der Waals surface area contributed by atoms with Gasteiger partial charge >= 0.3 is 0 Å². The summed E-state index contributed by atoms with van der Waals surface area (Å²) in [5.41, 5.74) is 0. The van der Waals surface area contributed by atoms with Gasteiger partial charge in [-0.2, -0.15) is 0 Å². The van der Waals surface area contributed by atoms with Crippen molar-refractivity contribution in [1.29, 1.82) is 0 Å². The maximum absolute atomic E-state index is 11.7. The van der Waals surface area contributed by atoms with Crippen LogP contribution >= 0.6 is 0 Å². The Morgan fingerprint density at radius 1 is 0.875 bits per heavy atom. The lowest BCUT2D eigenvalue weighted by Crippen LogP contribution is -2.42. The maximum Gasteiger partial charge on any atom is 0.223 e. The molecule has 16 heavy (non-hydrogen) atoms. The van der Waals surface area contributed by atoms with Gasteiger partial charge in [-0.1, -0.05) is 25.7 Å². The first-order valence-corrected chi connectivity index (χ1v) is 7.13. The van der Waals surface area contributed by atoms with E-state index in [1.165, 1.54) is 44.9 Å². The Morgan fingerprint density at radius 2 is 1.62 bits per heavy atom. The molecule has 3 rings (SSSR count). The van der Waals surface area contributed by atoms with E-state index in [4.69, 9.17) is 0 Å². The molecule has 3 unspecified atom stereocenters. The molecule has 0 heterocycles. The average Bonchev–Trinajstić information content (AvgIpc) is 3.12. The number of hydrogen-bond acceptors (Lipinski definition) is 1. The smallest absolute Gasteiger partial charge is 0.223 e. The van der Waals surface area contributed by atoms with E-state index in [1.54, 1.807) is 0 Å². The number of carbonyl (C=O) groups excluding carboxylic acids is 1. The maximum atomic E-state index is 11.7. The van der Waals surface area contributed by atoms with Crippen LogP contribution < -0.4 is 5.32 Å². The van der Waals surface area contributed by atoms with Crippen LogP contribution in [0, 0.1) is 17.8 Å². The quantitative estimate of drug-likeness (QED) is 0.763. The highest BCUT2D eigenvalue weighted by molar-refractivity contribution is 5.81. The molecule has 90 valence electrons. The summed E-state index contributed by atoms with van der Waals surface area (Å²) in [5, 5.41) is 3.27. The molecule has 0 spiro atoms. The molecule has 0 radical (unpaired) electrons. The topological polar surface area (TPSA) is 29.1 Å². The molecule has 1 N–H and O–H groups in total. The molecule has 3 saturated carbocycles. The van der Waals surface area contributed by atoms with E-state index in [0.717, 1.165) is 24.7 Å². The van der Waals surface area contributed by atoms with Crippen LogP contribution in [0.2, 0.25) is 0 Å². The van der Waals surface area contributed by atoms with Gasteiger partial charge in [0.05, 0.1) is 0 Å². The minimum atomic E-state index is 0.347. The van der Waals surface area contributed by atoms with Crippen LogP contribution in [0.3, 0.4) is 0 Å². The second-order valence-electron chi connectivity index (χ2n) is 6.10. The second-order valence-corrected chi connectivity index (χ2v) is 6.10. The van der Waals surface area contributed by atoms with Gasteiger partial charge in [0.1, 0.15) is 0 Å². The highest BCUT2D eigenvalue weighted by atomic mass is 16.2. The average molecular weight is 221 g/mol. The molecule has 3 aliphatic carbocycles. The summed E-state index contributed by atoms with van der Waals surface area (Å²) in [7, 11) is 0. The lowest BCUT2D eigenvalue weighted by molar-refractivity contribution is -0.123. The van der Waals surface area contributed by atoms with Gasteiger partial charge in [0.25, 0.3) is 0 Å². The predicted octanol–water partition coefficient (Wildman–Crippen LogP) is 2.87. The van der Waals surface area contributed by atoms with Crippen molar-refractivity contribution in [1.82, 2.24) is 5.32 Å². The van der Waals surface area contributed by atoms with Crippen LogP contribution in [-0.2, 0) is 4.79 Å². The fourth-order valence-electron chi connectivity index (χ4n) is 3.67. The van der Waals surface area contributed by atoms with E-state index in [1.807, 2.05) is 0 Å². The Morgan fingerprint density at radius 3 is 2.38 bits per heavy atom. The summed E-state index contributed by atoms with van der Waals surface area (Å²) in [4.78, 5) is 11.7. The molecule has 0 aromatic carbocycles. The SMILES string of the molecule is O=C(NC1CCC2CCCCC2C1)C1CC1. The van der Waals surface area contributed by atoms with Crippen molar-refractivity contribution in [3.05, 3.63) is 0 Å². The van der Waals surface area contributed by atoms with Crippen LogP contribution in [0.5, 0.6) is 0 Å². The van der Waals surface area contributed by atoms with Crippen molar-refractivity contribution in [3.8, 4) is 0 Å². The van der Waals surface area contributed by atoms with Gasteiger partial charge in [0.15, 0.2) is 0 Å². The minimum absolute atomic E-state index is 0.347. The largest absolute Gasteiger partial charge is 0.353 e. The molecule has 3 fully saturated rings. The molecular formula is C14H23NO. The molecule has 0 bridgehead atoms. The zero-order valence-corrected chi connectivity index (χ0v) is 10.1. The number of rotatable bonds is 2. The Balaban J connectivity index is 1.51. The summed E-state index contributed by atoms with van der Waals surface area (Å²) in [5.74, 6) is 2.64. The Hall–Kier alpha value is -0.530. The summed E-state index contributed by atoms with van der Waals surface area (Å²) in [6, 6.07) is 0.507. The number of hydrogen-bond donors (Lipinski definition) is 1. The van der Waals surface area contributed by atoms with Crippen LogP contribution in [0.15, 0.2) is 0 Å². The monoisotopic (exact) mass is 221 g/mol.